The van der Waals surface area contributed by atoms with E-state index in [2.05, 4.69) is 65.9 Å². The zero-order chi connectivity index (χ0) is 27.9. The molecule has 216 valence electrons. The molecule has 0 N–H and O–H groups in total. The first-order valence-corrected chi connectivity index (χ1v) is 19.4. The van der Waals surface area contributed by atoms with Gasteiger partial charge in [0.25, 0.3) is 0 Å². The van der Waals surface area contributed by atoms with Crippen LogP contribution in [0, 0.1) is 46.3 Å². The molecule has 5 rings (SSSR count). The summed E-state index contributed by atoms with van der Waals surface area (Å²) < 4.78 is 6.11. The summed E-state index contributed by atoms with van der Waals surface area (Å²) >= 11 is 0. The lowest BCUT2D eigenvalue weighted by Crippen LogP contribution is -2.51. The maximum absolute atomic E-state index is 13.0. The minimum absolute atomic E-state index is 0.0314. The SMILES string of the molecule is CC(C)CCC[C@@H](C)[C@H]1CC[C@H]2[C@@H]3CC=C4C[C@@H](OC(=O)c5ccc([SiH](C)C)cc5)CC[C@]4(C)[C@H]3CC[C@]12C. The normalized spacial score (nSPS) is 36.6. The Morgan fingerprint density at radius 1 is 0.974 bits per heavy atom. The van der Waals surface area contributed by atoms with Gasteiger partial charge in [-0.3, -0.25) is 0 Å². The molecule has 8 atom stereocenters. The molecule has 1 aromatic rings. The van der Waals surface area contributed by atoms with Gasteiger partial charge < -0.3 is 4.74 Å². The first kappa shape index (κ1) is 29.1. The second kappa shape index (κ2) is 11.5. The van der Waals surface area contributed by atoms with Crippen molar-refractivity contribution < 1.29 is 9.53 Å². The second-order valence-electron chi connectivity index (χ2n) is 15.3. The van der Waals surface area contributed by atoms with Crippen molar-refractivity contribution in [2.75, 3.05) is 0 Å². The highest BCUT2D eigenvalue weighted by Gasteiger charge is 2.59. The van der Waals surface area contributed by atoms with Crippen molar-refractivity contribution in [1.29, 1.82) is 0 Å². The first-order valence-electron chi connectivity index (χ1n) is 16.5. The lowest BCUT2D eigenvalue weighted by Gasteiger charge is -2.58. The molecule has 0 unspecified atom stereocenters. The summed E-state index contributed by atoms with van der Waals surface area (Å²) in [6.07, 6.45) is 17.0. The van der Waals surface area contributed by atoms with Gasteiger partial charge in [0, 0.05) is 6.42 Å². The van der Waals surface area contributed by atoms with E-state index in [1.807, 2.05) is 12.1 Å². The van der Waals surface area contributed by atoms with Crippen molar-refractivity contribution in [2.24, 2.45) is 46.3 Å². The third-order valence-corrected chi connectivity index (χ3v) is 14.1. The average Bonchev–Trinajstić information content (AvgIpc) is 3.26. The molecule has 3 heteroatoms. The van der Waals surface area contributed by atoms with Gasteiger partial charge in [-0.05, 0) is 103 Å². The highest BCUT2D eigenvalue weighted by molar-refractivity contribution is 6.70. The summed E-state index contributed by atoms with van der Waals surface area (Å²) in [4.78, 5) is 13.0. The number of allylic oxidation sites excluding steroid dienone is 1. The molecule has 0 amide bonds. The van der Waals surface area contributed by atoms with Gasteiger partial charge >= 0.3 is 5.97 Å². The maximum atomic E-state index is 13.0. The molecule has 0 saturated heterocycles. The highest BCUT2D eigenvalue weighted by atomic mass is 28.3. The lowest BCUT2D eigenvalue weighted by molar-refractivity contribution is -0.0594. The monoisotopic (exact) mass is 548 g/mol. The number of fused-ring (bicyclic) bond motifs is 5. The summed E-state index contributed by atoms with van der Waals surface area (Å²) in [6, 6.07) is 8.21. The summed E-state index contributed by atoms with van der Waals surface area (Å²) in [5, 5.41) is 1.40. The van der Waals surface area contributed by atoms with Crippen LogP contribution in [0.1, 0.15) is 116 Å². The summed E-state index contributed by atoms with van der Waals surface area (Å²) in [6.45, 7) is 17.2. The molecular formula is C36H56O2Si. The van der Waals surface area contributed by atoms with E-state index >= 15 is 0 Å². The van der Waals surface area contributed by atoms with E-state index in [-0.39, 0.29) is 12.1 Å². The van der Waals surface area contributed by atoms with Crippen molar-refractivity contribution >= 4 is 20.0 Å². The summed E-state index contributed by atoms with van der Waals surface area (Å²) in [7, 11) is -0.844. The largest absolute Gasteiger partial charge is 0.458 e. The number of ether oxygens (including phenoxy) is 1. The van der Waals surface area contributed by atoms with E-state index in [4.69, 9.17) is 4.74 Å². The Hall–Kier alpha value is -1.35. The minimum Gasteiger partial charge on any atom is -0.458 e. The minimum atomic E-state index is -0.844. The van der Waals surface area contributed by atoms with Crippen LogP contribution in [0.25, 0.3) is 0 Å². The number of rotatable bonds is 8. The standard InChI is InChI=1S/C36H56O2Si/c1-24(2)9-8-10-25(3)31-17-18-32-30-16-13-27-23-28(19-21-35(27,4)33(30)20-22-36(31,32)5)38-34(37)26-11-14-29(15-12-26)39(6)7/h11-15,24-25,28,30-33,39H,8-10,16-23H2,1-7H3/t25-,28+,30+,31-,32+,33+,35+,36-/m1/s1. The Morgan fingerprint density at radius 2 is 1.72 bits per heavy atom. The number of benzene rings is 1. The molecule has 3 saturated carbocycles. The van der Waals surface area contributed by atoms with Gasteiger partial charge in [0.2, 0.25) is 0 Å². The molecule has 0 bridgehead atoms. The third kappa shape index (κ3) is 5.60. The fourth-order valence-corrected chi connectivity index (χ4v) is 10.9. The molecule has 4 aliphatic rings. The van der Waals surface area contributed by atoms with Crippen molar-refractivity contribution in [3.63, 3.8) is 0 Å². The van der Waals surface area contributed by atoms with Crippen molar-refractivity contribution in [2.45, 2.75) is 124 Å². The van der Waals surface area contributed by atoms with Crippen LogP contribution in [0.2, 0.25) is 13.1 Å². The Bertz CT molecular complexity index is 1040. The number of esters is 1. The lowest BCUT2D eigenvalue weighted by atomic mass is 9.47. The van der Waals surface area contributed by atoms with Crippen LogP contribution >= 0.6 is 0 Å². The van der Waals surface area contributed by atoms with E-state index in [9.17, 15) is 4.79 Å². The molecule has 0 aliphatic heterocycles. The highest BCUT2D eigenvalue weighted by Crippen LogP contribution is 2.67. The summed E-state index contributed by atoms with van der Waals surface area (Å²) in [5.41, 5.74) is 3.16. The van der Waals surface area contributed by atoms with E-state index in [1.165, 1.54) is 63.0 Å². The van der Waals surface area contributed by atoms with Crippen LogP contribution < -0.4 is 5.19 Å². The molecule has 0 aromatic heterocycles. The van der Waals surface area contributed by atoms with Crippen molar-refractivity contribution in [3.05, 3.63) is 41.5 Å². The van der Waals surface area contributed by atoms with Crippen molar-refractivity contribution in [1.82, 2.24) is 0 Å². The average molecular weight is 549 g/mol. The first-order chi connectivity index (χ1) is 18.5. The molecule has 4 aliphatic carbocycles. The number of hydrogen-bond acceptors (Lipinski definition) is 2. The Balaban J connectivity index is 1.23. The molecule has 3 fully saturated rings. The summed E-state index contributed by atoms with van der Waals surface area (Å²) in [5.74, 6) is 5.05. The van der Waals surface area contributed by atoms with Crippen LogP contribution in [0.5, 0.6) is 0 Å². The van der Waals surface area contributed by atoms with E-state index in [1.54, 1.807) is 5.57 Å². The molecule has 0 spiro atoms. The predicted octanol–water partition coefficient (Wildman–Crippen LogP) is 8.95. The molecule has 39 heavy (non-hydrogen) atoms. The van der Waals surface area contributed by atoms with Crippen LogP contribution in [-0.2, 0) is 4.74 Å². The molecule has 0 radical (unpaired) electrons. The topological polar surface area (TPSA) is 26.3 Å². The predicted molar refractivity (Wildman–Crippen MR) is 167 cm³/mol. The smallest absolute Gasteiger partial charge is 0.338 e. The fraction of sp³-hybridized carbons (Fsp3) is 0.750. The molecule has 2 nitrogen and oxygen atoms in total. The molecule has 0 heterocycles. The Morgan fingerprint density at radius 3 is 2.41 bits per heavy atom. The van der Waals surface area contributed by atoms with E-state index < -0.39 is 8.80 Å². The van der Waals surface area contributed by atoms with E-state index in [0.29, 0.717) is 16.4 Å². The van der Waals surface area contributed by atoms with Crippen LogP contribution in [-0.4, -0.2) is 20.9 Å². The zero-order valence-corrected chi connectivity index (χ0v) is 27.3. The third-order valence-electron chi connectivity index (χ3n) is 12.3. The molecule has 1 aromatic carbocycles. The van der Waals surface area contributed by atoms with Gasteiger partial charge in [0.15, 0.2) is 0 Å². The number of hydrogen-bond donors (Lipinski definition) is 0. The quantitative estimate of drug-likeness (QED) is 0.184. The van der Waals surface area contributed by atoms with Crippen LogP contribution in [0.15, 0.2) is 35.9 Å². The number of carbonyl (C=O) groups is 1. The zero-order valence-electron chi connectivity index (χ0n) is 26.1. The van der Waals surface area contributed by atoms with Gasteiger partial charge in [-0.15, -0.1) is 0 Å². The van der Waals surface area contributed by atoms with E-state index in [0.717, 1.165) is 48.3 Å². The Labute approximate surface area is 241 Å². The van der Waals surface area contributed by atoms with Gasteiger partial charge in [-0.25, -0.2) is 4.79 Å². The van der Waals surface area contributed by atoms with Gasteiger partial charge in [0.05, 0.1) is 14.4 Å². The molecular weight excluding hydrogens is 492 g/mol. The van der Waals surface area contributed by atoms with Crippen LogP contribution in [0.4, 0.5) is 0 Å². The fourth-order valence-electron chi connectivity index (χ4n) is 9.98. The second-order valence-corrected chi connectivity index (χ2v) is 18.3. The maximum Gasteiger partial charge on any atom is 0.338 e. The van der Waals surface area contributed by atoms with Gasteiger partial charge in [0.1, 0.15) is 6.10 Å². The Kier molecular flexibility index (Phi) is 8.59. The van der Waals surface area contributed by atoms with Crippen molar-refractivity contribution in [3.8, 4) is 0 Å². The van der Waals surface area contributed by atoms with Gasteiger partial charge in [-0.1, -0.05) is 95.9 Å². The van der Waals surface area contributed by atoms with Gasteiger partial charge in [-0.2, -0.15) is 0 Å². The van der Waals surface area contributed by atoms with Crippen LogP contribution in [0.3, 0.4) is 0 Å². The number of carbonyl (C=O) groups excluding carboxylic acids is 1.